The first kappa shape index (κ1) is 20.9. The average Bonchev–Trinajstić information content (AvgIpc) is 2.54. The van der Waals surface area contributed by atoms with Crippen molar-refractivity contribution in [1.82, 2.24) is 4.90 Å². The van der Waals surface area contributed by atoms with E-state index in [9.17, 15) is 21.9 Å². The van der Waals surface area contributed by atoms with E-state index >= 15 is 0 Å². The van der Waals surface area contributed by atoms with Gasteiger partial charge in [-0.05, 0) is 33.8 Å². The van der Waals surface area contributed by atoms with Gasteiger partial charge in [0.2, 0.25) is 0 Å². The largest absolute Gasteiger partial charge is 0.488 e. The quantitative estimate of drug-likeness (QED) is 0.564. The van der Waals surface area contributed by atoms with Crippen molar-refractivity contribution >= 4 is 28.6 Å². The third-order valence-corrected chi connectivity index (χ3v) is 4.38. The van der Waals surface area contributed by atoms with Crippen molar-refractivity contribution in [3.05, 3.63) is 23.3 Å². The van der Waals surface area contributed by atoms with E-state index in [2.05, 4.69) is 4.18 Å². The number of hydrogen-bond donors (Lipinski definition) is 0. The molecule has 0 radical (unpaired) electrons. The number of rotatable bonds is 4. The van der Waals surface area contributed by atoms with Crippen molar-refractivity contribution in [1.29, 1.82) is 0 Å². The van der Waals surface area contributed by atoms with E-state index in [0.717, 1.165) is 0 Å². The maximum atomic E-state index is 12.9. The molecule has 1 aliphatic rings. The number of carbonyl (C=O) groups excluding carboxylic acids is 2. The molecule has 0 unspecified atom stereocenters. The van der Waals surface area contributed by atoms with E-state index in [1.165, 1.54) is 13.0 Å². The number of aldehydes is 1. The Kier molecular flexibility index (Phi) is 5.98. The third kappa shape index (κ3) is 5.81. The molecule has 27 heavy (non-hydrogen) atoms. The molecule has 1 amide bonds. The lowest BCUT2D eigenvalue weighted by molar-refractivity contribution is 0.0240. The van der Waals surface area contributed by atoms with Gasteiger partial charge in [-0.25, -0.2) is 4.79 Å². The minimum Gasteiger partial charge on any atom is -0.444 e. The first-order chi connectivity index (χ1) is 12.4. The van der Waals surface area contributed by atoms with E-state index in [4.69, 9.17) is 4.74 Å². The molecule has 150 valence electrons. The SMILES string of the molecule is Cc1c(C=O)cc(N2CCN(C(=O)OC(C)(C)C)CC2)cc1OS(=O)(=O)F. The lowest BCUT2D eigenvalue weighted by Gasteiger charge is -2.37. The molecule has 1 fully saturated rings. The summed E-state index contributed by atoms with van der Waals surface area (Å²) in [6.07, 6.45) is 0.139. The molecule has 0 spiro atoms. The summed E-state index contributed by atoms with van der Waals surface area (Å²) in [5, 5.41) is 0. The maximum Gasteiger partial charge on any atom is 0.488 e. The summed E-state index contributed by atoms with van der Waals surface area (Å²) in [6, 6.07) is 2.94. The van der Waals surface area contributed by atoms with Gasteiger partial charge in [0, 0.05) is 49.1 Å². The fourth-order valence-corrected chi connectivity index (χ4v) is 3.05. The molecule has 0 bridgehead atoms. The molecule has 0 saturated carbocycles. The van der Waals surface area contributed by atoms with Crippen LogP contribution in [0.5, 0.6) is 5.75 Å². The number of piperazine rings is 1. The second-order valence-electron chi connectivity index (χ2n) is 7.21. The van der Waals surface area contributed by atoms with Gasteiger partial charge < -0.3 is 18.7 Å². The van der Waals surface area contributed by atoms with Crippen LogP contribution in [0.1, 0.15) is 36.7 Å². The molecule has 0 aliphatic carbocycles. The Hall–Kier alpha value is -2.36. The summed E-state index contributed by atoms with van der Waals surface area (Å²) in [5.74, 6) is -0.244. The maximum absolute atomic E-state index is 12.9. The fourth-order valence-electron chi connectivity index (χ4n) is 2.67. The number of ether oxygens (including phenoxy) is 1. The molecular weight excluding hydrogens is 379 g/mol. The highest BCUT2D eigenvalue weighted by atomic mass is 32.3. The van der Waals surface area contributed by atoms with Crippen LogP contribution in [-0.4, -0.2) is 57.5 Å². The number of hydrogen-bond acceptors (Lipinski definition) is 7. The molecule has 8 nitrogen and oxygen atoms in total. The van der Waals surface area contributed by atoms with Crippen LogP contribution in [0.15, 0.2) is 12.1 Å². The minimum absolute atomic E-state index is 0.195. The first-order valence-corrected chi connectivity index (χ1v) is 9.67. The van der Waals surface area contributed by atoms with E-state index in [0.29, 0.717) is 38.2 Å². The Morgan fingerprint density at radius 3 is 2.26 bits per heavy atom. The molecule has 2 rings (SSSR count). The van der Waals surface area contributed by atoms with Gasteiger partial charge in [0.05, 0.1) is 0 Å². The second-order valence-corrected chi connectivity index (χ2v) is 8.16. The third-order valence-electron chi connectivity index (χ3n) is 4.00. The van der Waals surface area contributed by atoms with Crippen LogP contribution >= 0.6 is 0 Å². The Balaban J connectivity index is 2.17. The number of nitrogens with zero attached hydrogens (tertiary/aromatic N) is 2. The summed E-state index contributed by atoms with van der Waals surface area (Å²) in [4.78, 5) is 26.8. The van der Waals surface area contributed by atoms with Crippen LogP contribution in [0.4, 0.5) is 14.4 Å². The topological polar surface area (TPSA) is 93.2 Å². The molecule has 0 aromatic heterocycles. The van der Waals surface area contributed by atoms with Gasteiger partial charge in [0.25, 0.3) is 0 Å². The molecule has 1 saturated heterocycles. The predicted molar refractivity (Wildman–Crippen MR) is 97.2 cm³/mol. The van der Waals surface area contributed by atoms with Crippen LogP contribution in [0.2, 0.25) is 0 Å². The van der Waals surface area contributed by atoms with Gasteiger partial charge in [0.15, 0.2) is 12.0 Å². The first-order valence-electron chi connectivity index (χ1n) is 8.36. The zero-order chi connectivity index (χ0) is 20.4. The monoisotopic (exact) mass is 402 g/mol. The lowest BCUT2D eigenvalue weighted by Crippen LogP contribution is -2.50. The van der Waals surface area contributed by atoms with Gasteiger partial charge in [-0.3, -0.25) is 4.79 Å². The number of halogens is 1. The molecular formula is C17H23FN2O6S. The number of anilines is 1. The van der Waals surface area contributed by atoms with Crippen molar-refractivity contribution in [2.75, 3.05) is 31.1 Å². The zero-order valence-corrected chi connectivity index (χ0v) is 16.5. The Morgan fingerprint density at radius 2 is 1.78 bits per heavy atom. The van der Waals surface area contributed by atoms with Crippen molar-refractivity contribution in [3.8, 4) is 5.75 Å². The van der Waals surface area contributed by atoms with Crippen molar-refractivity contribution in [3.63, 3.8) is 0 Å². The number of carbonyl (C=O) groups is 2. The lowest BCUT2D eigenvalue weighted by atomic mass is 10.1. The molecule has 0 N–H and O–H groups in total. The highest BCUT2D eigenvalue weighted by Gasteiger charge is 2.27. The van der Waals surface area contributed by atoms with E-state index in [-0.39, 0.29) is 16.9 Å². The summed E-state index contributed by atoms with van der Waals surface area (Å²) >= 11 is 0. The Morgan fingerprint density at radius 1 is 1.19 bits per heavy atom. The molecule has 0 atom stereocenters. The smallest absolute Gasteiger partial charge is 0.444 e. The zero-order valence-electron chi connectivity index (χ0n) is 15.7. The summed E-state index contributed by atoms with van der Waals surface area (Å²) in [6.45, 7) is 8.46. The van der Waals surface area contributed by atoms with Gasteiger partial charge in [0.1, 0.15) is 5.60 Å². The van der Waals surface area contributed by atoms with Crippen LogP contribution in [0.25, 0.3) is 0 Å². The Labute approximate surface area is 158 Å². The van der Waals surface area contributed by atoms with E-state index in [1.54, 1.807) is 31.7 Å². The standard InChI is InChI=1S/C17H23FN2O6S/c1-12-13(11-21)9-14(10-15(12)26-27(18,23)24)19-5-7-20(8-6-19)16(22)25-17(2,3)4/h9-11H,5-8H2,1-4H3. The van der Waals surface area contributed by atoms with Crippen LogP contribution in [0, 0.1) is 6.92 Å². The summed E-state index contributed by atoms with van der Waals surface area (Å²) in [7, 11) is -5.21. The molecule has 1 aromatic carbocycles. The average molecular weight is 402 g/mol. The van der Waals surface area contributed by atoms with Gasteiger partial charge in [-0.1, -0.05) is 3.89 Å². The van der Waals surface area contributed by atoms with Crippen molar-refractivity contribution in [2.24, 2.45) is 0 Å². The van der Waals surface area contributed by atoms with Gasteiger partial charge in [-0.2, -0.15) is 8.42 Å². The summed E-state index contributed by atoms with van der Waals surface area (Å²) < 4.78 is 44.3. The van der Waals surface area contributed by atoms with Crippen LogP contribution in [-0.2, 0) is 15.2 Å². The highest BCUT2D eigenvalue weighted by molar-refractivity contribution is 7.81. The van der Waals surface area contributed by atoms with E-state index in [1.807, 2.05) is 4.90 Å². The predicted octanol–water partition coefficient (Wildman–Crippen LogP) is 2.46. The van der Waals surface area contributed by atoms with Crippen molar-refractivity contribution in [2.45, 2.75) is 33.3 Å². The molecule has 10 heteroatoms. The minimum atomic E-state index is -5.21. The molecule has 1 aromatic rings. The normalized spacial score (nSPS) is 15.4. The number of benzene rings is 1. The molecule has 1 aliphatic heterocycles. The van der Waals surface area contributed by atoms with Crippen molar-refractivity contribution < 1.29 is 30.8 Å². The summed E-state index contributed by atoms with van der Waals surface area (Å²) in [5.41, 5.74) is 0.335. The molecule has 1 heterocycles. The Bertz CT molecular complexity index is 827. The van der Waals surface area contributed by atoms with E-state index < -0.39 is 22.2 Å². The highest BCUT2D eigenvalue weighted by Crippen LogP contribution is 2.30. The van der Waals surface area contributed by atoms with Crippen LogP contribution in [0.3, 0.4) is 0 Å². The van der Waals surface area contributed by atoms with Gasteiger partial charge >= 0.3 is 16.6 Å². The van der Waals surface area contributed by atoms with Gasteiger partial charge in [-0.15, -0.1) is 0 Å². The second kappa shape index (κ2) is 7.71. The van der Waals surface area contributed by atoms with Crippen LogP contribution < -0.4 is 9.08 Å². The fraction of sp³-hybridized carbons (Fsp3) is 0.529. The number of amides is 1.